The lowest BCUT2D eigenvalue weighted by Gasteiger charge is -2.15. The average molecular weight is 290 g/mol. The summed E-state index contributed by atoms with van der Waals surface area (Å²) in [6.45, 7) is 0.502. The van der Waals surface area contributed by atoms with E-state index in [4.69, 9.17) is 18.0 Å². The van der Waals surface area contributed by atoms with Crippen LogP contribution in [0, 0.1) is 0 Å². The molecule has 0 bridgehead atoms. The van der Waals surface area contributed by atoms with E-state index in [1.165, 1.54) is 0 Å². The summed E-state index contributed by atoms with van der Waals surface area (Å²) in [5, 5.41) is 4.84. The summed E-state index contributed by atoms with van der Waals surface area (Å²) in [5.74, 6) is -0.733. The molecule has 0 aliphatic carbocycles. The largest absolute Gasteiger partial charge is 0.392 e. The quantitative estimate of drug-likeness (QED) is 0.832. The molecule has 1 aromatic heterocycles. The van der Waals surface area contributed by atoms with Crippen molar-refractivity contribution in [2.24, 2.45) is 5.73 Å². The average Bonchev–Trinajstić information content (AvgIpc) is 2.90. The molecule has 98 valence electrons. The van der Waals surface area contributed by atoms with Crippen LogP contribution in [-0.2, 0) is 11.3 Å². The maximum absolute atomic E-state index is 12.2. The van der Waals surface area contributed by atoms with Gasteiger partial charge in [-0.15, -0.1) is 11.3 Å². The number of thiocarbonyl (C=S) groups is 1. The van der Waals surface area contributed by atoms with Gasteiger partial charge in [0.15, 0.2) is 0 Å². The van der Waals surface area contributed by atoms with Crippen molar-refractivity contribution in [1.29, 1.82) is 0 Å². The van der Waals surface area contributed by atoms with Gasteiger partial charge >= 0.3 is 0 Å². The van der Waals surface area contributed by atoms with Gasteiger partial charge in [-0.25, -0.2) is 0 Å². The Labute approximate surface area is 121 Å². The van der Waals surface area contributed by atoms with Crippen LogP contribution < -0.4 is 11.1 Å². The van der Waals surface area contributed by atoms with Gasteiger partial charge in [0, 0.05) is 4.88 Å². The first-order valence-corrected chi connectivity index (χ1v) is 7.11. The lowest BCUT2D eigenvalue weighted by Crippen LogP contribution is -2.35. The van der Waals surface area contributed by atoms with E-state index in [0.717, 1.165) is 10.4 Å². The number of carbonyl (C=O) groups excluding carboxylic acids is 1. The lowest BCUT2D eigenvalue weighted by atomic mass is 9.98. The maximum atomic E-state index is 12.2. The molecule has 1 unspecified atom stereocenters. The number of thiophene rings is 1. The Hall–Kier alpha value is -1.72. The second-order valence-corrected chi connectivity index (χ2v) is 5.55. The van der Waals surface area contributed by atoms with E-state index in [1.807, 2.05) is 47.8 Å². The highest BCUT2D eigenvalue weighted by Crippen LogP contribution is 2.17. The smallest absolute Gasteiger partial charge is 0.234 e. The van der Waals surface area contributed by atoms with Gasteiger partial charge in [-0.3, -0.25) is 4.79 Å². The minimum atomic E-state index is -0.573. The van der Waals surface area contributed by atoms with Crippen molar-refractivity contribution in [3.8, 4) is 0 Å². The van der Waals surface area contributed by atoms with E-state index >= 15 is 0 Å². The van der Waals surface area contributed by atoms with Crippen LogP contribution >= 0.6 is 23.6 Å². The second kappa shape index (κ2) is 6.45. The van der Waals surface area contributed by atoms with Crippen LogP contribution in [0.1, 0.15) is 16.4 Å². The molecule has 0 spiro atoms. The molecule has 1 aromatic carbocycles. The molecule has 1 heterocycles. The fraction of sp³-hybridized carbons (Fsp3) is 0.143. The fourth-order valence-corrected chi connectivity index (χ4v) is 2.67. The summed E-state index contributed by atoms with van der Waals surface area (Å²) >= 11 is 6.61. The maximum Gasteiger partial charge on any atom is 0.234 e. The van der Waals surface area contributed by atoms with Gasteiger partial charge in [0.2, 0.25) is 5.91 Å². The highest BCUT2D eigenvalue weighted by atomic mass is 32.1. The van der Waals surface area contributed by atoms with Crippen molar-refractivity contribution in [3.05, 3.63) is 58.3 Å². The van der Waals surface area contributed by atoms with Crippen molar-refractivity contribution in [3.63, 3.8) is 0 Å². The molecule has 0 aliphatic rings. The number of nitrogens with two attached hydrogens (primary N) is 1. The molecule has 0 fully saturated rings. The molecule has 0 radical (unpaired) electrons. The molecular formula is C14H14N2OS2. The summed E-state index contributed by atoms with van der Waals surface area (Å²) in [7, 11) is 0. The Balaban J connectivity index is 2.07. The number of amides is 1. The molecule has 2 rings (SSSR count). The molecule has 1 atom stereocenters. The molecule has 5 heteroatoms. The van der Waals surface area contributed by atoms with Gasteiger partial charge in [0.1, 0.15) is 5.92 Å². The standard InChI is InChI=1S/C14H14N2OS2/c15-13(18)12(10-5-2-1-3-6-10)14(17)16-9-11-7-4-8-19-11/h1-8,12H,9H2,(H2,15,18)(H,16,17). The minimum Gasteiger partial charge on any atom is -0.392 e. The number of hydrogen-bond donors (Lipinski definition) is 2. The van der Waals surface area contributed by atoms with Crippen molar-refractivity contribution in [2.45, 2.75) is 12.5 Å². The Kier molecular flexibility index (Phi) is 4.65. The number of benzene rings is 1. The first-order chi connectivity index (χ1) is 9.18. The molecule has 3 N–H and O–H groups in total. The van der Waals surface area contributed by atoms with Crippen molar-refractivity contribution in [1.82, 2.24) is 5.32 Å². The van der Waals surface area contributed by atoms with Crippen molar-refractivity contribution < 1.29 is 4.79 Å². The SMILES string of the molecule is NC(=S)C(C(=O)NCc1cccs1)c1ccccc1. The van der Waals surface area contributed by atoms with E-state index < -0.39 is 5.92 Å². The number of nitrogens with one attached hydrogen (secondary N) is 1. The molecular weight excluding hydrogens is 276 g/mol. The van der Waals surface area contributed by atoms with Gasteiger partial charge in [0.05, 0.1) is 11.5 Å². The third-order valence-corrected chi connectivity index (χ3v) is 3.81. The topological polar surface area (TPSA) is 55.1 Å². The minimum absolute atomic E-state index is 0.160. The van der Waals surface area contributed by atoms with Crippen LogP contribution in [0.4, 0.5) is 0 Å². The second-order valence-electron chi connectivity index (χ2n) is 4.04. The summed E-state index contributed by atoms with van der Waals surface area (Å²) < 4.78 is 0. The third-order valence-electron chi connectivity index (χ3n) is 2.70. The van der Waals surface area contributed by atoms with Gasteiger partial charge in [-0.1, -0.05) is 48.6 Å². The number of rotatable bonds is 5. The Bertz CT molecular complexity index is 552. The normalized spacial score (nSPS) is 11.8. The first kappa shape index (κ1) is 13.7. The molecule has 2 aromatic rings. The predicted molar refractivity (Wildman–Crippen MR) is 82.1 cm³/mol. The summed E-state index contributed by atoms with van der Waals surface area (Å²) in [5.41, 5.74) is 6.51. The molecule has 1 amide bonds. The van der Waals surface area contributed by atoms with Crippen molar-refractivity contribution in [2.75, 3.05) is 0 Å². The zero-order valence-corrected chi connectivity index (χ0v) is 11.8. The van der Waals surface area contributed by atoms with Crippen LogP contribution in [0.15, 0.2) is 47.8 Å². The fourth-order valence-electron chi connectivity index (χ4n) is 1.78. The van der Waals surface area contributed by atoms with Gasteiger partial charge in [-0.05, 0) is 17.0 Å². The zero-order valence-electron chi connectivity index (χ0n) is 10.2. The zero-order chi connectivity index (χ0) is 13.7. The van der Waals surface area contributed by atoms with Gasteiger partial charge < -0.3 is 11.1 Å². The molecule has 3 nitrogen and oxygen atoms in total. The highest BCUT2D eigenvalue weighted by molar-refractivity contribution is 7.80. The van der Waals surface area contributed by atoms with Crippen LogP contribution in [-0.4, -0.2) is 10.9 Å². The molecule has 0 saturated heterocycles. The van der Waals surface area contributed by atoms with E-state index in [2.05, 4.69) is 5.32 Å². The van der Waals surface area contributed by atoms with Crippen molar-refractivity contribution >= 4 is 34.5 Å². The molecule has 19 heavy (non-hydrogen) atoms. The monoisotopic (exact) mass is 290 g/mol. The molecule has 0 aliphatic heterocycles. The summed E-state index contributed by atoms with van der Waals surface area (Å²) in [6.07, 6.45) is 0. The Morgan fingerprint density at radius 3 is 2.58 bits per heavy atom. The lowest BCUT2D eigenvalue weighted by molar-refractivity contribution is -0.121. The number of carbonyl (C=O) groups is 1. The first-order valence-electron chi connectivity index (χ1n) is 5.83. The predicted octanol–water partition coefficient (Wildman–Crippen LogP) is 2.43. The Morgan fingerprint density at radius 2 is 2.00 bits per heavy atom. The summed E-state index contributed by atoms with van der Waals surface area (Å²) in [4.78, 5) is 13.5. The van der Waals surface area contributed by atoms with Crippen LogP contribution in [0.25, 0.3) is 0 Å². The van der Waals surface area contributed by atoms with Crippen LogP contribution in [0.3, 0.4) is 0 Å². The van der Waals surface area contributed by atoms with Gasteiger partial charge in [-0.2, -0.15) is 0 Å². The van der Waals surface area contributed by atoms with Crippen LogP contribution in [0.5, 0.6) is 0 Å². The van der Waals surface area contributed by atoms with Gasteiger partial charge in [0.25, 0.3) is 0 Å². The summed E-state index contributed by atoms with van der Waals surface area (Å²) in [6, 6.07) is 13.3. The van der Waals surface area contributed by atoms with E-state index in [0.29, 0.717) is 6.54 Å². The number of hydrogen-bond acceptors (Lipinski definition) is 3. The Morgan fingerprint density at radius 1 is 1.26 bits per heavy atom. The van der Waals surface area contributed by atoms with E-state index in [-0.39, 0.29) is 10.9 Å². The third kappa shape index (κ3) is 3.62. The highest BCUT2D eigenvalue weighted by Gasteiger charge is 2.22. The van der Waals surface area contributed by atoms with E-state index in [9.17, 15) is 4.79 Å². The molecule has 0 saturated carbocycles. The van der Waals surface area contributed by atoms with Crippen LogP contribution in [0.2, 0.25) is 0 Å². The van der Waals surface area contributed by atoms with E-state index in [1.54, 1.807) is 11.3 Å².